The van der Waals surface area contributed by atoms with Gasteiger partial charge in [-0.05, 0) is 64.0 Å². The third kappa shape index (κ3) is 5.24. The van der Waals surface area contributed by atoms with Crippen LogP contribution < -0.4 is 10.6 Å². The Morgan fingerprint density at radius 2 is 1.79 bits per heavy atom. The standard InChI is InChI=1S/C15H10BrCl2F3N2S/c16-11-3-2-9(6-13(11)18)23-14(24)22-7-8-1-4-12(17)10(5-8)15(19,20)21/h1-6H,7H2,(H2,22,23,24). The molecule has 0 unspecified atom stereocenters. The molecule has 0 spiro atoms. The predicted molar refractivity (Wildman–Crippen MR) is 98.7 cm³/mol. The average Bonchev–Trinajstić information content (AvgIpc) is 2.49. The molecule has 0 aliphatic heterocycles. The van der Waals surface area contributed by atoms with Crippen molar-refractivity contribution in [2.24, 2.45) is 0 Å². The average molecular weight is 458 g/mol. The molecule has 0 amide bonds. The monoisotopic (exact) mass is 456 g/mol. The number of benzene rings is 2. The molecule has 0 aliphatic carbocycles. The minimum atomic E-state index is -4.50. The summed E-state index contributed by atoms with van der Waals surface area (Å²) in [6, 6.07) is 8.89. The van der Waals surface area contributed by atoms with Crippen LogP contribution in [0.25, 0.3) is 0 Å². The normalized spacial score (nSPS) is 11.2. The van der Waals surface area contributed by atoms with Crippen LogP contribution in [0.2, 0.25) is 10.0 Å². The van der Waals surface area contributed by atoms with Crippen LogP contribution in [0.15, 0.2) is 40.9 Å². The van der Waals surface area contributed by atoms with Gasteiger partial charge in [-0.25, -0.2) is 0 Å². The number of anilines is 1. The topological polar surface area (TPSA) is 24.1 Å². The summed E-state index contributed by atoms with van der Waals surface area (Å²) < 4.78 is 39.2. The van der Waals surface area contributed by atoms with E-state index in [0.29, 0.717) is 16.3 Å². The smallest absolute Gasteiger partial charge is 0.358 e. The van der Waals surface area contributed by atoms with E-state index in [4.69, 9.17) is 35.4 Å². The molecule has 0 bridgehead atoms. The molecular weight excluding hydrogens is 448 g/mol. The van der Waals surface area contributed by atoms with Crippen molar-refractivity contribution in [3.63, 3.8) is 0 Å². The van der Waals surface area contributed by atoms with Crippen LogP contribution in [0.1, 0.15) is 11.1 Å². The first-order chi connectivity index (χ1) is 11.2. The molecular formula is C15H10BrCl2F3N2S. The van der Waals surface area contributed by atoms with E-state index in [1.54, 1.807) is 18.2 Å². The maximum atomic E-state index is 12.8. The highest BCUT2D eigenvalue weighted by Gasteiger charge is 2.33. The molecule has 9 heteroatoms. The molecule has 128 valence electrons. The first-order valence-corrected chi connectivity index (χ1v) is 8.48. The summed E-state index contributed by atoms with van der Waals surface area (Å²) in [5.41, 5.74) is 0.194. The fraction of sp³-hybridized carbons (Fsp3) is 0.133. The zero-order valence-electron chi connectivity index (χ0n) is 11.8. The maximum Gasteiger partial charge on any atom is 0.417 e. The van der Waals surface area contributed by atoms with Crippen molar-refractivity contribution in [1.29, 1.82) is 0 Å². The minimum absolute atomic E-state index is 0.121. The first kappa shape index (κ1) is 19.3. The van der Waals surface area contributed by atoms with Crippen LogP contribution in [0.5, 0.6) is 0 Å². The SMILES string of the molecule is FC(F)(F)c1cc(CNC(=S)Nc2ccc(Br)c(Cl)c2)ccc1Cl. The highest BCUT2D eigenvalue weighted by Crippen LogP contribution is 2.35. The van der Waals surface area contributed by atoms with E-state index in [2.05, 4.69) is 26.6 Å². The van der Waals surface area contributed by atoms with Crippen LogP contribution in [-0.4, -0.2) is 5.11 Å². The van der Waals surface area contributed by atoms with Crippen molar-refractivity contribution in [2.45, 2.75) is 12.7 Å². The van der Waals surface area contributed by atoms with E-state index < -0.39 is 11.7 Å². The quantitative estimate of drug-likeness (QED) is 0.531. The Morgan fingerprint density at radius 1 is 1.08 bits per heavy atom. The van der Waals surface area contributed by atoms with Crippen molar-refractivity contribution in [1.82, 2.24) is 5.32 Å². The summed E-state index contributed by atoms with van der Waals surface area (Å²) in [7, 11) is 0. The third-order valence-electron chi connectivity index (χ3n) is 2.97. The van der Waals surface area contributed by atoms with Crippen molar-refractivity contribution >= 4 is 62.1 Å². The fourth-order valence-corrected chi connectivity index (χ4v) is 2.67. The van der Waals surface area contributed by atoms with Gasteiger partial charge in [-0.3, -0.25) is 0 Å². The van der Waals surface area contributed by atoms with Gasteiger partial charge in [0.05, 0.1) is 15.6 Å². The Kier molecular flexibility index (Phi) is 6.36. The van der Waals surface area contributed by atoms with Gasteiger partial charge in [-0.2, -0.15) is 13.2 Å². The van der Waals surface area contributed by atoms with Crippen LogP contribution in [0, 0.1) is 0 Å². The lowest BCUT2D eigenvalue weighted by atomic mass is 10.1. The van der Waals surface area contributed by atoms with E-state index in [-0.39, 0.29) is 16.7 Å². The van der Waals surface area contributed by atoms with E-state index in [1.165, 1.54) is 12.1 Å². The van der Waals surface area contributed by atoms with Crippen LogP contribution >= 0.6 is 51.3 Å². The second-order valence-corrected chi connectivity index (χ2v) is 6.83. The number of thiocarbonyl (C=S) groups is 1. The Bertz CT molecular complexity index is 769. The van der Waals surface area contributed by atoms with Crippen molar-refractivity contribution in [2.75, 3.05) is 5.32 Å². The molecule has 2 nitrogen and oxygen atoms in total. The maximum absolute atomic E-state index is 12.8. The molecule has 0 fully saturated rings. The molecule has 0 saturated heterocycles. The van der Waals surface area contributed by atoms with E-state index in [1.807, 2.05) is 0 Å². The second kappa shape index (κ2) is 7.91. The largest absolute Gasteiger partial charge is 0.417 e. The van der Waals surface area contributed by atoms with Crippen LogP contribution in [0.4, 0.5) is 18.9 Å². The summed E-state index contributed by atoms with van der Waals surface area (Å²) >= 11 is 20.0. The minimum Gasteiger partial charge on any atom is -0.358 e. The molecule has 2 rings (SSSR count). The Hall–Kier alpha value is -1.02. The van der Waals surface area contributed by atoms with E-state index in [9.17, 15) is 13.2 Å². The summed E-state index contributed by atoms with van der Waals surface area (Å²) in [6.07, 6.45) is -4.50. The molecule has 0 aromatic heterocycles. The van der Waals surface area contributed by atoms with Gasteiger partial charge < -0.3 is 10.6 Å². The molecule has 0 heterocycles. The summed E-state index contributed by atoms with van der Waals surface area (Å²) in [6.45, 7) is 0.121. The van der Waals surface area contributed by atoms with Gasteiger partial charge in [0.1, 0.15) is 0 Å². The lowest BCUT2D eigenvalue weighted by Crippen LogP contribution is -2.28. The van der Waals surface area contributed by atoms with E-state index >= 15 is 0 Å². The highest BCUT2D eigenvalue weighted by atomic mass is 79.9. The molecule has 0 saturated carbocycles. The number of alkyl halides is 3. The summed E-state index contributed by atoms with van der Waals surface area (Å²) in [4.78, 5) is 0. The Morgan fingerprint density at radius 3 is 2.42 bits per heavy atom. The molecule has 0 atom stereocenters. The summed E-state index contributed by atoms with van der Waals surface area (Å²) in [5.74, 6) is 0. The van der Waals surface area contributed by atoms with E-state index in [0.717, 1.165) is 10.5 Å². The zero-order chi connectivity index (χ0) is 17.9. The molecule has 2 N–H and O–H groups in total. The lowest BCUT2D eigenvalue weighted by molar-refractivity contribution is -0.137. The molecule has 2 aromatic rings. The van der Waals surface area contributed by atoms with Gasteiger partial charge in [0, 0.05) is 16.7 Å². The number of halogens is 6. The number of rotatable bonds is 3. The van der Waals surface area contributed by atoms with Gasteiger partial charge in [0.25, 0.3) is 0 Å². The molecule has 0 radical (unpaired) electrons. The Labute approximate surface area is 160 Å². The van der Waals surface area contributed by atoms with Gasteiger partial charge in [-0.15, -0.1) is 0 Å². The second-order valence-electron chi connectivity index (χ2n) is 4.75. The molecule has 0 aliphatic rings. The van der Waals surface area contributed by atoms with Gasteiger partial charge in [0.2, 0.25) is 0 Å². The van der Waals surface area contributed by atoms with Crippen LogP contribution in [0.3, 0.4) is 0 Å². The van der Waals surface area contributed by atoms with Gasteiger partial charge in [0.15, 0.2) is 5.11 Å². The zero-order valence-corrected chi connectivity index (χ0v) is 15.8. The fourth-order valence-electron chi connectivity index (χ4n) is 1.83. The lowest BCUT2D eigenvalue weighted by Gasteiger charge is -2.13. The first-order valence-electron chi connectivity index (χ1n) is 6.52. The molecule has 2 aromatic carbocycles. The Balaban J connectivity index is 2.00. The number of hydrogen-bond acceptors (Lipinski definition) is 1. The number of hydrogen-bond donors (Lipinski definition) is 2. The molecule has 24 heavy (non-hydrogen) atoms. The van der Waals surface area contributed by atoms with Gasteiger partial charge in [-0.1, -0.05) is 29.3 Å². The predicted octanol–water partition coefficient (Wildman–Crippen LogP) is 6.26. The van der Waals surface area contributed by atoms with Crippen molar-refractivity contribution < 1.29 is 13.2 Å². The van der Waals surface area contributed by atoms with Crippen molar-refractivity contribution in [3.05, 3.63) is 62.0 Å². The summed E-state index contributed by atoms with van der Waals surface area (Å²) in [5, 5.41) is 6.17. The van der Waals surface area contributed by atoms with Gasteiger partial charge >= 0.3 is 6.18 Å². The highest BCUT2D eigenvalue weighted by molar-refractivity contribution is 9.10. The number of nitrogens with one attached hydrogen (secondary N) is 2. The third-order valence-corrected chi connectivity index (χ3v) is 4.78. The van der Waals surface area contributed by atoms with Crippen molar-refractivity contribution in [3.8, 4) is 0 Å². The van der Waals surface area contributed by atoms with Crippen LogP contribution in [-0.2, 0) is 12.7 Å².